The zero-order valence-corrected chi connectivity index (χ0v) is 8.67. The molecule has 0 atom stereocenters. The van der Waals surface area contributed by atoms with Gasteiger partial charge in [0.15, 0.2) is 12.0 Å². The van der Waals surface area contributed by atoms with E-state index in [0.29, 0.717) is 6.20 Å². The van der Waals surface area contributed by atoms with E-state index < -0.39 is 41.9 Å². The Bertz CT molecular complexity index is 447. The number of hydrogen-bond acceptors (Lipinski definition) is 4. The molecule has 0 bridgehead atoms. The summed E-state index contributed by atoms with van der Waals surface area (Å²) in [6.07, 6.45) is -7.87. The molecule has 0 amide bonds. The van der Waals surface area contributed by atoms with E-state index in [1.807, 2.05) is 0 Å². The summed E-state index contributed by atoms with van der Waals surface area (Å²) in [4.78, 5) is 13.8. The molecule has 0 spiro atoms. The standard InChI is InChI=1S/C9H7F5N2O2/c10-8(11)7-4(1-15)5(3-17)16-2-6(7)18-9(12,13)14/h2-3,8H,1,15H2. The molecule has 9 heteroatoms. The number of alkyl halides is 5. The SMILES string of the molecule is NCc1c(C=O)ncc(OC(F)(F)F)c1C(F)F. The highest BCUT2D eigenvalue weighted by molar-refractivity contribution is 5.75. The summed E-state index contributed by atoms with van der Waals surface area (Å²) < 4.78 is 64.9. The Labute approximate surface area is 97.6 Å². The molecule has 2 N–H and O–H groups in total. The third-order valence-corrected chi connectivity index (χ3v) is 1.98. The molecular weight excluding hydrogens is 263 g/mol. The van der Waals surface area contributed by atoms with Crippen molar-refractivity contribution in [2.45, 2.75) is 19.3 Å². The van der Waals surface area contributed by atoms with Gasteiger partial charge >= 0.3 is 6.36 Å². The smallest absolute Gasteiger partial charge is 0.404 e. The van der Waals surface area contributed by atoms with E-state index in [0.717, 1.165) is 0 Å². The first-order valence-electron chi connectivity index (χ1n) is 4.51. The number of rotatable bonds is 4. The van der Waals surface area contributed by atoms with E-state index in [4.69, 9.17) is 5.73 Å². The lowest BCUT2D eigenvalue weighted by atomic mass is 10.1. The van der Waals surface area contributed by atoms with E-state index in [1.54, 1.807) is 0 Å². The number of ether oxygens (including phenoxy) is 1. The van der Waals surface area contributed by atoms with Crippen LogP contribution in [0.4, 0.5) is 22.0 Å². The number of hydrogen-bond donors (Lipinski definition) is 1. The number of halogens is 5. The van der Waals surface area contributed by atoms with Crippen LogP contribution in [0.1, 0.15) is 28.0 Å². The number of carbonyl (C=O) groups is 1. The zero-order chi connectivity index (χ0) is 13.9. The van der Waals surface area contributed by atoms with Crippen molar-refractivity contribution in [1.82, 2.24) is 4.98 Å². The van der Waals surface area contributed by atoms with Crippen molar-refractivity contribution >= 4 is 6.29 Å². The van der Waals surface area contributed by atoms with E-state index >= 15 is 0 Å². The Morgan fingerprint density at radius 1 is 1.44 bits per heavy atom. The molecule has 0 saturated heterocycles. The van der Waals surface area contributed by atoms with Gasteiger partial charge in [-0.3, -0.25) is 4.79 Å². The molecule has 4 nitrogen and oxygen atoms in total. The van der Waals surface area contributed by atoms with Gasteiger partial charge in [-0.2, -0.15) is 0 Å². The Kier molecular flexibility index (Phi) is 4.17. The van der Waals surface area contributed by atoms with Gasteiger partial charge < -0.3 is 10.5 Å². The van der Waals surface area contributed by atoms with Crippen LogP contribution in [0.25, 0.3) is 0 Å². The maximum absolute atomic E-state index is 12.7. The third kappa shape index (κ3) is 3.13. The van der Waals surface area contributed by atoms with Crippen LogP contribution in [-0.2, 0) is 6.54 Å². The highest BCUT2D eigenvalue weighted by Gasteiger charge is 2.34. The van der Waals surface area contributed by atoms with Crippen molar-refractivity contribution in [3.05, 3.63) is 23.0 Å². The van der Waals surface area contributed by atoms with E-state index in [9.17, 15) is 26.7 Å². The molecule has 0 unspecified atom stereocenters. The second-order valence-electron chi connectivity index (χ2n) is 3.07. The van der Waals surface area contributed by atoms with Crippen LogP contribution in [0.3, 0.4) is 0 Å². The second-order valence-corrected chi connectivity index (χ2v) is 3.07. The van der Waals surface area contributed by atoms with Gasteiger partial charge in [0.05, 0.1) is 11.8 Å². The highest BCUT2D eigenvalue weighted by Crippen LogP contribution is 2.35. The molecule has 1 aromatic rings. The van der Waals surface area contributed by atoms with E-state index in [1.165, 1.54) is 0 Å². The van der Waals surface area contributed by atoms with Crippen LogP contribution in [0.15, 0.2) is 6.20 Å². The first-order valence-corrected chi connectivity index (χ1v) is 4.51. The molecule has 18 heavy (non-hydrogen) atoms. The van der Waals surface area contributed by atoms with Gasteiger partial charge in [0.2, 0.25) is 0 Å². The van der Waals surface area contributed by atoms with Gasteiger partial charge in [0.1, 0.15) is 5.69 Å². The fraction of sp³-hybridized carbons (Fsp3) is 0.333. The molecule has 0 aromatic carbocycles. The van der Waals surface area contributed by atoms with Gasteiger partial charge in [-0.05, 0) is 0 Å². The molecule has 100 valence electrons. The minimum absolute atomic E-state index is 0.130. The average molecular weight is 270 g/mol. The lowest BCUT2D eigenvalue weighted by molar-refractivity contribution is -0.275. The monoisotopic (exact) mass is 270 g/mol. The average Bonchev–Trinajstić information content (AvgIpc) is 2.25. The number of aldehydes is 1. The van der Waals surface area contributed by atoms with Crippen LogP contribution < -0.4 is 10.5 Å². The quantitative estimate of drug-likeness (QED) is 0.672. The van der Waals surface area contributed by atoms with Gasteiger partial charge in [0, 0.05) is 12.1 Å². The maximum atomic E-state index is 12.7. The van der Waals surface area contributed by atoms with Crippen molar-refractivity contribution in [3.8, 4) is 5.75 Å². The Balaban J connectivity index is 3.39. The molecule has 0 fully saturated rings. The van der Waals surface area contributed by atoms with Crippen molar-refractivity contribution in [1.29, 1.82) is 0 Å². The second kappa shape index (κ2) is 5.25. The minimum atomic E-state index is -5.14. The van der Waals surface area contributed by atoms with Crippen LogP contribution in [0, 0.1) is 0 Å². The predicted octanol–water partition coefficient (Wildman–Crippen LogP) is 2.19. The molecule has 1 rings (SSSR count). The molecule has 1 heterocycles. The first kappa shape index (κ1) is 14.3. The fourth-order valence-corrected chi connectivity index (χ4v) is 1.32. The molecule has 0 radical (unpaired) electrons. The Hall–Kier alpha value is -1.77. The molecule has 0 aliphatic rings. The summed E-state index contributed by atoms with van der Waals surface area (Å²) >= 11 is 0. The van der Waals surface area contributed by atoms with Crippen LogP contribution in [0.5, 0.6) is 5.75 Å². The molecule has 1 aromatic heterocycles. The van der Waals surface area contributed by atoms with Crippen LogP contribution >= 0.6 is 0 Å². The summed E-state index contributed by atoms with van der Waals surface area (Å²) in [5.74, 6) is -1.16. The maximum Gasteiger partial charge on any atom is 0.573 e. The van der Waals surface area contributed by atoms with Gasteiger partial charge in [-0.25, -0.2) is 13.8 Å². The number of nitrogens with zero attached hydrogens (tertiary/aromatic N) is 1. The molecule has 0 aliphatic heterocycles. The topological polar surface area (TPSA) is 65.2 Å². The summed E-state index contributed by atoms with van der Waals surface area (Å²) in [6.45, 7) is -0.560. The summed E-state index contributed by atoms with van der Waals surface area (Å²) in [5.41, 5.74) is 3.14. The van der Waals surface area contributed by atoms with Gasteiger partial charge in [-0.1, -0.05) is 0 Å². The van der Waals surface area contributed by atoms with Crippen LogP contribution in [0.2, 0.25) is 0 Å². The van der Waals surface area contributed by atoms with Crippen molar-refractivity contribution in [2.75, 3.05) is 0 Å². The van der Waals surface area contributed by atoms with Gasteiger partial charge in [0.25, 0.3) is 6.43 Å². The number of nitrogens with two attached hydrogens (primary N) is 1. The molecular formula is C9H7F5N2O2. The zero-order valence-electron chi connectivity index (χ0n) is 8.67. The lowest BCUT2D eigenvalue weighted by Crippen LogP contribution is -2.20. The number of aromatic nitrogens is 1. The van der Waals surface area contributed by atoms with Crippen molar-refractivity contribution in [3.63, 3.8) is 0 Å². The fourth-order valence-electron chi connectivity index (χ4n) is 1.32. The third-order valence-electron chi connectivity index (χ3n) is 1.98. The summed E-state index contributed by atoms with van der Waals surface area (Å²) in [5, 5.41) is 0. The van der Waals surface area contributed by atoms with Crippen molar-refractivity contribution in [2.24, 2.45) is 5.73 Å². The normalized spacial score (nSPS) is 11.7. The number of carbonyl (C=O) groups excluding carboxylic acids is 1. The first-order chi connectivity index (χ1) is 8.30. The Morgan fingerprint density at radius 2 is 2.06 bits per heavy atom. The lowest BCUT2D eigenvalue weighted by Gasteiger charge is -2.16. The van der Waals surface area contributed by atoms with Gasteiger partial charge in [-0.15, -0.1) is 13.2 Å². The molecule has 0 saturated carbocycles. The largest absolute Gasteiger partial charge is 0.573 e. The molecule has 0 aliphatic carbocycles. The van der Waals surface area contributed by atoms with Crippen LogP contribution in [-0.4, -0.2) is 17.6 Å². The number of pyridine rings is 1. The highest BCUT2D eigenvalue weighted by atomic mass is 19.4. The van der Waals surface area contributed by atoms with E-state index in [2.05, 4.69) is 9.72 Å². The van der Waals surface area contributed by atoms with Crippen molar-refractivity contribution < 1.29 is 31.5 Å². The predicted molar refractivity (Wildman–Crippen MR) is 49.2 cm³/mol. The summed E-state index contributed by atoms with van der Waals surface area (Å²) in [7, 11) is 0. The Morgan fingerprint density at radius 3 is 2.44 bits per heavy atom. The van der Waals surface area contributed by atoms with E-state index in [-0.39, 0.29) is 6.29 Å². The summed E-state index contributed by atoms with van der Waals surface area (Å²) in [6, 6.07) is 0. The minimum Gasteiger partial charge on any atom is -0.404 e.